The maximum absolute atomic E-state index is 12.0. The third-order valence-corrected chi connectivity index (χ3v) is 4.87. The molecule has 0 aromatic heterocycles. The van der Waals surface area contributed by atoms with Crippen LogP contribution in [0.3, 0.4) is 0 Å². The molecule has 0 unspecified atom stereocenters. The van der Waals surface area contributed by atoms with Crippen LogP contribution in [-0.2, 0) is 9.59 Å². The van der Waals surface area contributed by atoms with Gasteiger partial charge in [0, 0.05) is 29.5 Å². The molecule has 0 spiro atoms. The third-order valence-electron chi connectivity index (χ3n) is 4.38. The van der Waals surface area contributed by atoms with E-state index in [1.54, 1.807) is 0 Å². The van der Waals surface area contributed by atoms with Gasteiger partial charge in [-0.2, -0.15) is 0 Å². The molecular formula is C18H27BrClN3O2. The number of halogens is 2. The molecule has 1 aliphatic rings. The Bertz CT molecular complexity index is 577. The lowest BCUT2D eigenvalue weighted by Gasteiger charge is -2.22. The maximum Gasteiger partial charge on any atom is 0.226 e. The van der Waals surface area contributed by atoms with Gasteiger partial charge in [-0.05, 0) is 69.0 Å². The van der Waals surface area contributed by atoms with Crippen molar-refractivity contribution in [2.24, 2.45) is 5.92 Å². The quantitative estimate of drug-likeness (QED) is 0.618. The third kappa shape index (κ3) is 8.21. The van der Waals surface area contributed by atoms with Gasteiger partial charge in [0.1, 0.15) is 0 Å². The minimum Gasteiger partial charge on any atom is -0.356 e. The number of nitrogens with one attached hydrogen (secondary N) is 3. The van der Waals surface area contributed by atoms with Crippen molar-refractivity contribution in [1.29, 1.82) is 0 Å². The van der Waals surface area contributed by atoms with Crippen molar-refractivity contribution < 1.29 is 9.59 Å². The molecule has 1 aromatic carbocycles. The van der Waals surface area contributed by atoms with E-state index in [1.807, 2.05) is 25.1 Å². The van der Waals surface area contributed by atoms with Crippen LogP contribution in [0.15, 0.2) is 22.7 Å². The second-order valence-electron chi connectivity index (χ2n) is 6.34. The van der Waals surface area contributed by atoms with Crippen molar-refractivity contribution >= 4 is 45.8 Å². The summed E-state index contributed by atoms with van der Waals surface area (Å²) in [5.74, 6) is 0.612. The van der Waals surface area contributed by atoms with E-state index in [1.165, 1.54) is 0 Å². The standard InChI is InChI=1S/C18H26BrN3O2.ClH/c1-13-12-15(19)3-4-16(13)22-18(24)8-11-21-17(23)5-2-14-6-9-20-10-7-14;/h3-4,12,14,20H,2,5-11H2,1H3,(H,21,23)(H,22,24);1H. The van der Waals surface area contributed by atoms with Gasteiger partial charge in [0.15, 0.2) is 0 Å². The lowest BCUT2D eigenvalue weighted by Crippen LogP contribution is -2.30. The molecule has 0 saturated carbocycles. The monoisotopic (exact) mass is 431 g/mol. The van der Waals surface area contributed by atoms with E-state index in [9.17, 15) is 9.59 Å². The first-order valence-corrected chi connectivity index (χ1v) is 9.37. The summed E-state index contributed by atoms with van der Waals surface area (Å²) in [6.07, 6.45) is 4.09. The first kappa shape index (κ1) is 21.9. The summed E-state index contributed by atoms with van der Waals surface area (Å²) in [7, 11) is 0. The van der Waals surface area contributed by atoms with Crippen molar-refractivity contribution in [3.05, 3.63) is 28.2 Å². The zero-order valence-corrected chi connectivity index (χ0v) is 17.0. The van der Waals surface area contributed by atoms with Crippen LogP contribution in [0.25, 0.3) is 0 Å². The van der Waals surface area contributed by atoms with Gasteiger partial charge in [0.25, 0.3) is 0 Å². The molecular weight excluding hydrogens is 406 g/mol. The fourth-order valence-corrected chi connectivity index (χ4v) is 3.37. The topological polar surface area (TPSA) is 70.2 Å². The first-order valence-electron chi connectivity index (χ1n) is 8.58. The van der Waals surface area contributed by atoms with Gasteiger partial charge in [0.2, 0.25) is 11.8 Å². The molecule has 0 aliphatic carbocycles. The second-order valence-corrected chi connectivity index (χ2v) is 7.26. The Kier molecular flexibility index (Phi) is 10.1. The number of aryl methyl sites for hydroxylation is 1. The Morgan fingerprint density at radius 3 is 2.60 bits per heavy atom. The van der Waals surface area contributed by atoms with E-state index in [2.05, 4.69) is 31.9 Å². The van der Waals surface area contributed by atoms with Crippen LogP contribution in [0.4, 0.5) is 5.69 Å². The fraction of sp³-hybridized carbons (Fsp3) is 0.556. The van der Waals surface area contributed by atoms with Gasteiger partial charge in [-0.3, -0.25) is 9.59 Å². The number of carbonyl (C=O) groups is 2. The smallest absolute Gasteiger partial charge is 0.226 e. The molecule has 7 heteroatoms. The molecule has 1 saturated heterocycles. The number of hydrogen-bond acceptors (Lipinski definition) is 3. The van der Waals surface area contributed by atoms with Crippen molar-refractivity contribution in [3.8, 4) is 0 Å². The zero-order chi connectivity index (χ0) is 17.4. The summed E-state index contributed by atoms with van der Waals surface area (Å²) < 4.78 is 0.985. The minimum absolute atomic E-state index is 0. The molecule has 0 bridgehead atoms. The summed E-state index contributed by atoms with van der Waals surface area (Å²) in [4.78, 5) is 23.8. The lowest BCUT2D eigenvalue weighted by atomic mass is 9.93. The van der Waals surface area contributed by atoms with Crippen LogP contribution < -0.4 is 16.0 Å². The molecule has 1 fully saturated rings. The van der Waals surface area contributed by atoms with Crippen LogP contribution in [0.2, 0.25) is 0 Å². The SMILES string of the molecule is Cc1cc(Br)ccc1NC(=O)CCNC(=O)CCC1CCNCC1.Cl. The molecule has 2 rings (SSSR count). The molecule has 1 aromatic rings. The highest BCUT2D eigenvalue weighted by molar-refractivity contribution is 9.10. The number of benzene rings is 1. The number of anilines is 1. The van der Waals surface area contributed by atoms with E-state index in [0.717, 1.165) is 48.1 Å². The maximum atomic E-state index is 12.0. The second kappa shape index (κ2) is 11.5. The number of amides is 2. The largest absolute Gasteiger partial charge is 0.356 e. The molecule has 3 N–H and O–H groups in total. The molecule has 0 atom stereocenters. The van der Waals surface area contributed by atoms with Crippen molar-refractivity contribution in [2.45, 2.75) is 39.0 Å². The summed E-state index contributed by atoms with van der Waals surface area (Å²) in [6.45, 7) is 4.44. The fourth-order valence-electron chi connectivity index (χ4n) is 2.89. The van der Waals surface area contributed by atoms with Crippen LogP contribution in [0, 0.1) is 12.8 Å². The Labute approximate surface area is 164 Å². The highest BCUT2D eigenvalue weighted by Crippen LogP contribution is 2.20. The number of rotatable bonds is 7. The zero-order valence-electron chi connectivity index (χ0n) is 14.6. The van der Waals surface area contributed by atoms with Gasteiger partial charge in [0.05, 0.1) is 0 Å². The Morgan fingerprint density at radius 2 is 1.92 bits per heavy atom. The summed E-state index contributed by atoms with van der Waals surface area (Å²) in [6, 6.07) is 5.72. The molecule has 1 heterocycles. The molecule has 25 heavy (non-hydrogen) atoms. The Balaban J connectivity index is 0.00000312. The van der Waals surface area contributed by atoms with Crippen molar-refractivity contribution in [3.63, 3.8) is 0 Å². The predicted octanol–water partition coefficient (Wildman–Crippen LogP) is 3.40. The van der Waals surface area contributed by atoms with Gasteiger partial charge in [-0.15, -0.1) is 12.4 Å². The predicted molar refractivity (Wildman–Crippen MR) is 107 cm³/mol. The molecule has 5 nitrogen and oxygen atoms in total. The summed E-state index contributed by atoms with van der Waals surface area (Å²) >= 11 is 3.40. The first-order chi connectivity index (χ1) is 11.5. The van der Waals surface area contributed by atoms with Crippen LogP contribution >= 0.6 is 28.3 Å². The van der Waals surface area contributed by atoms with Gasteiger partial charge >= 0.3 is 0 Å². The number of piperidine rings is 1. The number of carbonyl (C=O) groups excluding carboxylic acids is 2. The highest BCUT2D eigenvalue weighted by atomic mass is 79.9. The lowest BCUT2D eigenvalue weighted by molar-refractivity contribution is -0.121. The van der Waals surface area contributed by atoms with Crippen molar-refractivity contribution in [2.75, 3.05) is 25.0 Å². The van der Waals surface area contributed by atoms with E-state index in [-0.39, 0.29) is 30.6 Å². The Hall–Kier alpha value is -1.11. The van der Waals surface area contributed by atoms with Gasteiger partial charge in [-0.25, -0.2) is 0 Å². The van der Waals surface area contributed by atoms with Gasteiger partial charge < -0.3 is 16.0 Å². The average molecular weight is 433 g/mol. The molecule has 140 valence electrons. The highest BCUT2D eigenvalue weighted by Gasteiger charge is 2.14. The van der Waals surface area contributed by atoms with Crippen molar-refractivity contribution in [1.82, 2.24) is 10.6 Å². The molecule has 0 radical (unpaired) electrons. The molecule has 1 aliphatic heterocycles. The van der Waals surface area contributed by atoms with E-state index < -0.39 is 0 Å². The average Bonchev–Trinajstić information content (AvgIpc) is 2.56. The van der Waals surface area contributed by atoms with E-state index in [0.29, 0.717) is 18.9 Å². The van der Waals surface area contributed by atoms with Crippen LogP contribution in [0.1, 0.15) is 37.7 Å². The summed E-state index contributed by atoms with van der Waals surface area (Å²) in [5.41, 5.74) is 1.81. The summed E-state index contributed by atoms with van der Waals surface area (Å²) in [5, 5.41) is 9.04. The number of hydrogen-bond donors (Lipinski definition) is 3. The molecule has 2 amide bonds. The van der Waals surface area contributed by atoms with Gasteiger partial charge in [-0.1, -0.05) is 15.9 Å². The van der Waals surface area contributed by atoms with Crippen LogP contribution in [-0.4, -0.2) is 31.4 Å². The van der Waals surface area contributed by atoms with E-state index in [4.69, 9.17) is 0 Å². The van der Waals surface area contributed by atoms with Crippen LogP contribution in [0.5, 0.6) is 0 Å². The van der Waals surface area contributed by atoms with E-state index >= 15 is 0 Å². The minimum atomic E-state index is -0.0842. The normalized spacial score (nSPS) is 14.5. The Morgan fingerprint density at radius 1 is 1.20 bits per heavy atom.